The van der Waals surface area contributed by atoms with Crippen molar-refractivity contribution < 1.29 is 9.59 Å². The van der Waals surface area contributed by atoms with Crippen LogP contribution in [0.2, 0.25) is 10.0 Å². The van der Waals surface area contributed by atoms with Crippen LogP contribution in [-0.2, 0) is 4.79 Å². The molecule has 0 spiro atoms. The summed E-state index contributed by atoms with van der Waals surface area (Å²) in [6, 6.07) is 7.21. The highest BCUT2D eigenvalue weighted by atomic mass is 35.5. The molecular weight excluding hydrogens is 385 g/mol. The number of rotatable bonds is 7. The number of hydrogen-bond donors (Lipinski definition) is 1. The first-order chi connectivity index (χ1) is 12.6. The third-order valence-electron chi connectivity index (χ3n) is 4.36. The monoisotopic (exact) mass is 409 g/mol. The van der Waals surface area contributed by atoms with Gasteiger partial charge in [-0.15, -0.1) is 0 Å². The Balaban J connectivity index is 2.01. The van der Waals surface area contributed by atoms with Gasteiger partial charge >= 0.3 is 0 Å². The summed E-state index contributed by atoms with van der Waals surface area (Å²) in [7, 11) is 1.73. The Bertz CT molecular complexity index is 839. The lowest BCUT2D eigenvalue weighted by Gasteiger charge is -2.17. The van der Waals surface area contributed by atoms with E-state index in [1.54, 1.807) is 30.1 Å². The van der Waals surface area contributed by atoms with E-state index in [1.807, 2.05) is 19.9 Å². The number of benzene rings is 1. The van der Waals surface area contributed by atoms with Gasteiger partial charge in [0.15, 0.2) is 5.78 Å². The molecule has 0 saturated heterocycles. The predicted octanol–water partition coefficient (Wildman–Crippen LogP) is 4.75. The summed E-state index contributed by atoms with van der Waals surface area (Å²) in [4.78, 5) is 26.6. The third kappa shape index (κ3) is 5.12. The van der Waals surface area contributed by atoms with Crippen molar-refractivity contribution in [1.82, 2.24) is 9.47 Å². The van der Waals surface area contributed by atoms with Gasteiger partial charge in [-0.25, -0.2) is 0 Å². The molecule has 1 amide bonds. The molecule has 1 N–H and O–H groups in total. The second-order valence-corrected chi connectivity index (χ2v) is 7.80. The van der Waals surface area contributed by atoms with E-state index in [1.165, 1.54) is 0 Å². The zero-order chi connectivity index (χ0) is 20.3. The SMILES string of the molecule is Cc1cc(C(=O)CN(C)CC(=O)Nc2c(Cl)cccc2Cl)c(C)n1C(C)C. The number of halogens is 2. The van der Waals surface area contributed by atoms with E-state index in [-0.39, 0.29) is 30.8 Å². The lowest BCUT2D eigenvalue weighted by molar-refractivity contribution is -0.116. The second-order valence-electron chi connectivity index (χ2n) is 6.99. The summed E-state index contributed by atoms with van der Waals surface area (Å²) in [5.41, 5.74) is 3.08. The first-order valence-corrected chi connectivity index (χ1v) is 9.51. The maximum atomic E-state index is 12.7. The highest BCUT2D eigenvalue weighted by molar-refractivity contribution is 6.39. The van der Waals surface area contributed by atoms with Crippen LogP contribution in [0.15, 0.2) is 24.3 Å². The number of Topliss-reactive ketones (excluding diaryl/α,β-unsaturated/α-hetero) is 1. The van der Waals surface area contributed by atoms with E-state index >= 15 is 0 Å². The summed E-state index contributed by atoms with van der Waals surface area (Å²) in [6.45, 7) is 8.32. The molecule has 0 radical (unpaired) electrons. The van der Waals surface area contributed by atoms with Gasteiger partial charge in [-0.05, 0) is 52.9 Å². The maximum Gasteiger partial charge on any atom is 0.238 e. The Labute approximate surface area is 170 Å². The summed E-state index contributed by atoms with van der Waals surface area (Å²) in [5.74, 6) is -0.297. The minimum Gasteiger partial charge on any atom is -0.346 e. The number of hydrogen-bond acceptors (Lipinski definition) is 3. The summed E-state index contributed by atoms with van der Waals surface area (Å²) in [6.07, 6.45) is 0. The van der Waals surface area contributed by atoms with Crippen LogP contribution in [0.4, 0.5) is 5.69 Å². The molecule has 0 aliphatic heterocycles. The molecule has 0 saturated carbocycles. The Morgan fingerprint density at radius 1 is 1.15 bits per heavy atom. The van der Waals surface area contributed by atoms with E-state index in [9.17, 15) is 9.59 Å². The smallest absolute Gasteiger partial charge is 0.238 e. The molecule has 0 aliphatic carbocycles. The zero-order valence-electron chi connectivity index (χ0n) is 16.3. The number of nitrogens with one attached hydrogen (secondary N) is 1. The van der Waals surface area contributed by atoms with Crippen molar-refractivity contribution in [2.75, 3.05) is 25.5 Å². The first kappa shape index (κ1) is 21.5. The summed E-state index contributed by atoms with van der Waals surface area (Å²) in [5, 5.41) is 3.44. The fourth-order valence-corrected chi connectivity index (χ4v) is 3.77. The number of likely N-dealkylation sites (N-methyl/N-ethyl adjacent to an activating group) is 1. The zero-order valence-corrected chi connectivity index (χ0v) is 17.8. The van der Waals surface area contributed by atoms with Crippen LogP contribution in [0.5, 0.6) is 0 Å². The van der Waals surface area contributed by atoms with Gasteiger partial charge in [0.2, 0.25) is 5.91 Å². The molecule has 0 aliphatic rings. The van der Waals surface area contributed by atoms with Crippen molar-refractivity contribution in [2.24, 2.45) is 0 Å². The quantitative estimate of drug-likeness (QED) is 0.671. The lowest BCUT2D eigenvalue weighted by atomic mass is 10.1. The van der Waals surface area contributed by atoms with Gasteiger partial charge in [-0.3, -0.25) is 14.5 Å². The highest BCUT2D eigenvalue weighted by Crippen LogP contribution is 2.29. The molecule has 0 unspecified atom stereocenters. The van der Waals surface area contributed by atoms with Gasteiger partial charge in [0, 0.05) is 23.0 Å². The Hall–Kier alpha value is -1.82. The number of amides is 1. The standard InChI is InChI=1S/C20H25Cl2N3O2/c1-12(2)25-13(3)9-15(14(25)4)18(26)10-24(5)11-19(27)23-20-16(21)7-6-8-17(20)22/h6-9,12H,10-11H2,1-5H3,(H,23,27). The number of ketones is 1. The molecule has 7 heteroatoms. The number of nitrogens with zero attached hydrogens (tertiary/aromatic N) is 2. The van der Waals surface area contributed by atoms with Crippen molar-refractivity contribution in [1.29, 1.82) is 0 Å². The average molecular weight is 410 g/mol. The van der Waals surface area contributed by atoms with Crippen LogP contribution in [0.3, 0.4) is 0 Å². The average Bonchev–Trinajstić information content (AvgIpc) is 2.85. The van der Waals surface area contributed by atoms with Crippen molar-refractivity contribution in [3.05, 3.63) is 51.3 Å². The van der Waals surface area contributed by atoms with Crippen molar-refractivity contribution in [3.63, 3.8) is 0 Å². The molecule has 0 fully saturated rings. The lowest BCUT2D eigenvalue weighted by Crippen LogP contribution is -2.34. The normalized spacial score (nSPS) is 11.3. The van der Waals surface area contributed by atoms with Crippen LogP contribution in [0.1, 0.15) is 41.6 Å². The van der Waals surface area contributed by atoms with Gasteiger partial charge in [-0.1, -0.05) is 29.3 Å². The topological polar surface area (TPSA) is 54.3 Å². The molecule has 1 heterocycles. The van der Waals surface area contributed by atoms with Crippen molar-refractivity contribution >= 4 is 40.6 Å². The molecule has 2 aromatic rings. The van der Waals surface area contributed by atoms with Crippen LogP contribution >= 0.6 is 23.2 Å². The van der Waals surface area contributed by atoms with E-state index in [2.05, 4.69) is 23.7 Å². The van der Waals surface area contributed by atoms with Crippen molar-refractivity contribution in [3.8, 4) is 0 Å². The highest BCUT2D eigenvalue weighted by Gasteiger charge is 2.19. The fraction of sp³-hybridized carbons (Fsp3) is 0.400. The molecule has 2 rings (SSSR count). The first-order valence-electron chi connectivity index (χ1n) is 8.75. The molecule has 5 nitrogen and oxygen atoms in total. The Morgan fingerprint density at radius 2 is 1.74 bits per heavy atom. The van der Waals surface area contributed by atoms with Gasteiger partial charge < -0.3 is 9.88 Å². The van der Waals surface area contributed by atoms with Crippen molar-refractivity contribution in [2.45, 2.75) is 33.7 Å². The Morgan fingerprint density at radius 3 is 2.26 bits per heavy atom. The van der Waals surface area contributed by atoms with Crippen LogP contribution in [-0.4, -0.2) is 41.3 Å². The van der Waals surface area contributed by atoms with E-state index in [0.717, 1.165) is 11.4 Å². The number of aromatic nitrogens is 1. The maximum absolute atomic E-state index is 12.7. The van der Waals surface area contributed by atoms with E-state index in [4.69, 9.17) is 23.2 Å². The number of aryl methyl sites for hydroxylation is 1. The summed E-state index contributed by atoms with van der Waals surface area (Å²) >= 11 is 12.1. The predicted molar refractivity (Wildman–Crippen MR) is 111 cm³/mol. The fourth-order valence-electron chi connectivity index (χ4n) is 3.28. The molecule has 0 bridgehead atoms. The molecule has 0 atom stereocenters. The number of para-hydroxylation sites is 1. The second kappa shape index (κ2) is 8.91. The van der Waals surface area contributed by atoms with Gasteiger partial charge in [0.25, 0.3) is 0 Å². The third-order valence-corrected chi connectivity index (χ3v) is 4.99. The molecule has 1 aromatic carbocycles. The molecule has 146 valence electrons. The molecular formula is C20H25Cl2N3O2. The number of carbonyl (C=O) groups is 2. The number of anilines is 1. The Kier molecular flexibility index (Phi) is 7.09. The molecule has 27 heavy (non-hydrogen) atoms. The van der Waals surface area contributed by atoms with Crippen LogP contribution < -0.4 is 5.32 Å². The van der Waals surface area contributed by atoms with E-state index < -0.39 is 0 Å². The van der Waals surface area contributed by atoms with Gasteiger partial charge in [0.1, 0.15) is 0 Å². The van der Waals surface area contributed by atoms with Gasteiger partial charge in [-0.2, -0.15) is 0 Å². The van der Waals surface area contributed by atoms with Gasteiger partial charge in [0.05, 0.1) is 28.8 Å². The van der Waals surface area contributed by atoms with Crippen LogP contribution in [0.25, 0.3) is 0 Å². The minimum absolute atomic E-state index is 0.0129. The minimum atomic E-state index is -0.284. The van der Waals surface area contributed by atoms with Crippen LogP contribution in [0, 0.1) is 13.8 Å². The number of carbonyl (C=O) groups excluding carboxylic acids is 2. The van der Waals surface area contributed by atoms with E-state index in [0.29, 0.717) is 21.3 Å². The summed E-state index contributed by atoms with van der Waals surface area (Å²) < 4.78 is 2.14. The molecule has 1 aromatic heterocycles. The largest absolute Gasteiger partial charge is 0.346 e.